The molecular weight excluding hydrogens is 419 g/mol. The fourth-order valence-corrected chi connectivity index (χ4v) is 4.71. The molecule has 0 fully saturated rings. The van der Waals surface area contributed by atoms with E-state index in [4.69, 9.17) is 4.74 Å². The van der Waals surface area contributed by atoms with Gasteiger partial charge in [-0.15, -0.1) is 0 Å². The van der Waals surface area contributed by atoms with Crippen LogP contribution in [0.1, 0.15) is 5.56 Å². The Hall–Kier alpha value is -3.39. The van der Waals surface area contributed by atoms with Crippen molar-refractivity contribution in [2.24, 2.45) is 0 Å². The van der Waals surface area contributed by atoms with E-state index in [1.807, 2.05) is 0 Å². The van der Waals surface area contributed by atoms with Gasteiger partial charge >= 0.3 is 0 Å². The van der Waals surface area contributed by atoms with Crippen LogP contribution >= 0.6 is 0 Å². The number of ether oxygens (including phenoxy) is 1. The summed E-state index contributed by atoms with van der Waals surface area (Å²) in [6.45, 7) is 1.33. The molecule has 3 aromatic rings. The van der Waals surface area contributed by atoms with E-state index in [-0.39, 0.29) is 10.6 Å². The Bertz CT molecular complexity index is 1170. The molecule has 0 saturated carbocycles. The Morgan fingerprint density at radius 1 is 0.968 bits per heavy atom. The Labute approximate surface area is 181 Å². The number of hydrogen-bond donors (Lipinski definition) is 0. The van der Waals surface area contributed by atoms with Gasteiger partial charge in [0, 0.05) is 12.7 Å². The smallest absolute Gasteiger partial charge is 0.268 e. The first kappa shape index (κ1) is 22.3. The molecule has 0 aliphatic heterocycles. The molecule has 0 atom stereocenters. The maximum absolute atomic E-state index is 13.6. The number of carbonyl (C=O) groups is 1. The normalized spacial score (nSPS) is 11.1. The van der Waals surface area contributed by atoms with Gasteiger partial charge in [0.1, 0.15) is 23.0 Å². The van der Waals surface area contributed by atoms with Crippen molar-refractivity contribution in [3.8, 4) is 5.75 Å². The van der Waals surface area contributed by atoms with Crippen molar-refractivity contribution in [2.45, 2.75) is 11.8 Å². The second-order valence-corrected chi connectivity index (χ2v) is 8.76. The van der Waals surface area contributed by atoms with E-state index < -0.39 is 28.3 Å². The highest BCUT2D eigenvalue weighted by atomic mass is 32.2. The van der Waals surface area contributed by atoms with Gasteiger partial charge in [-0.05, 0) is 61.0 Å². The summed E-state index contributed by atoms with van der Waals surface area (Å²) in [4.78, 5) is 14.3. The number of halogens is 1. The lowest BCUT2D eigenvalue weighted by molar-refractivity contribution is -0.116. The first-order valence-electron chi connectivity index (χ1n) is 9.48. The van der Waals surface area contributed by atoms with Crippen molar-refractivity contribution in [1.29, 1.82) is 0 Å². The van der Waals surface area contributed by atoms with Gasteiger partial charge in [-0.1, -0.05) is 24.3 Å². The number of aryl methyl sites for hydroxylation is 1. The van der Waals surface area contributed by atoms with E-state index in [1.54, 1.807) is 49.4 Å². The lowest BCUT2D eigenvalue weighted by atomic mass is 10.2. The fraction of sp³-hybridized carbons (Fsp3) is 0.174. The van der Waals surface area contributed by atoms with E-state index in [0.717, 1.165) is 9.87 Å². The van der Waals surface area contributed by atoms with Crippen LogP contribution in [0.3, 0.4) is 0 Å². The standard InChI is InChI=1S/C23H23FN2O4S/c1-17-9-14-21(30-3)22(15-17)31(28,29)26(20-7-5-4-6-8-20)16-23(27)25(2)19-12-10-18(24)11-13-19/h4-15H,16H2,1-3H3. The number of amides is 1. The highest BCUT2D eigenvalue weighted by Gasteiger charge is 2.31. The number of likely N-dealkylation sites (N-methyl/N-ethyl adjacent to an activating group) is 1. The molecule has 0 unspecified atom stereocenters. The van der Waals surface area contributed by atoms with Gasteiger partial charge in [0.2, 0.25) is 5.91 Å². The fourth-order valence-electron chi connectivity index (χ4n) is 3.05. The average Bonchev–Trinajstić information content (AvgIpc) is 2.77. The zero-order valence-electron chi connectivity index (χ0n) is 17.4. The Balaban J connectivity index is 2.02. The van der Waals surface area contributed by atoms with Crippen molar-refractivity contribution in [3.05, 3.63) is 84.2 Å². The van der Waals surface area contributed by atoms with Gasteiger partial charge in [0.25, 0.3) is 10.0 Å². The third-order valence-corrected chi connectivity index (χ3v) is 6.59. The van der Waals surface area contributed by atoms with Gasteiger partial charge < -0.3 is 9.64 Å². The summed E-state index contributed by atoms with van der Waals surface area (Å²) in [5.41, 5.74) is 1.53. The van der Waals surface area contributed by atoms with Crippen LogP contribution in [0.15, 0.2) is 77.7 Å². The molecule has 8 heteroatoms. The monoisotopic (exact) mass is 442 g/mol. The molecule has 6 nitrogen and oxygen atoms in total. The predicted molar refractivity (Wildman–Crippen MR) is 119 cm³/mol. The van der Waals surface area contributed by atoms with E-state index >= 15 is 0 Å². The number of hydrogen-bond acceptors (Lipinski definition) is 4. The van der Waals surface area contributed by atoms with Crippen molar-refractivity contribution in [2.75, 3.05) is 29.9 Å². The average molecular weight is 443 g/mol. The molecule has 162 valence electrons. The zero-order valence-corrected chi connectivity index (χ0v) is 18.3. The van der Waals surface area contributed by atoms with Crippen molar-refractivity contribution in [1.82, 2.24) is 0 Å². The number of rotatable bonds is 7. The maximum atomic E-state index is 13.6. The van der Waals surface area contributed by atoms with Gasteiger partial charge in [-0.3, -0.25) is 9.10 Å². The number of anilines is 2. The Kier molecular flexibility index (Phi) is 6.60. The van der Waals surface area contributed by atoms with Gasteiger partial charge in [-0.25, -0.2) is 12.8 Å². The predicted octanol–water partition coefficient (Wildman–Crippen LogP) is 4.00. The molecule has 31 heavy (non-hydrogen) atoms. The minimum atomic E-state index is -4.14. The van der Waals surface area contributed by atoms with Crippen LogP contribution in [0.2, 0.25) is 0 Å². The number of carbonyl (C=O) groups excluding carboxylic acids is 1. The lowest BCUT2D eigenvalue weighted by Gasteiger charge is -2.27. The van der Waals surface area contributed by atoms with Crippen LogP contribution in [-0.2, 0) is 14.8 Å². The first-order chi connectivity index (χ1) is 14.7. The number of methoxy groups -OCH3 is 1. The summed E-state index contributed by atoms with van der Waals surface area (Å²) in [5, 5.41) is 0. The minimum Gasteiger partial charge on any atom is -0.495 e. The highest BCUT2D eigenvalue weighted by molar-refractivity contribution is 7.93. The molecular formula is C23H23FN2O4S. The third-order valence-electron chi connectivity index (χ3n) is 4.80. The van der Waals surface area contributed by atoms with Crippen LogP contribution in [0.5, 0.6) is 5.75 Å². The highest BCUT2D eigenvalue weighted by Crippen LogP contribution is 2.31. The Morgan fingerprint density at radius 2 is 1.61 bits per heavy atom. The molecule has 3 rings (SSSR count). The number of nitrogens with zero attached hydrogens (tertiary/aromatic N) is 2. The van der Waals surface area contributed by atoms with Crippen LogP contribution in [-0.4, -0.2) is 35.0 Å². The zero-order chi connectivity index (χ0) is 22.6. The number of para-hydroxylation sites is 1. The molecule has 0 spiro atoms. The molecule has 1 amide bonds. The summed E-state index contributed by atoms with van der Waals surface area (Å²) in [7, 11) is -1.23. The van der Waals surface area contributed by atoms with Crippen molar-refractivity contribution in [3.63, 3.8) is 0 Å². The molecule has 0 aromatic heterocycles. The second kappa shape index (κ2) is 9.18. The van der Waals surface area contributed by atoms with Crippen LogP contribution in [0, 0.1) is 12.7 Å². The number of benzene rings is 3. The van der Waals surface area contributed by atoms with Crippen LogP contribution in [0.4, 0.5) is 15.8 Å². The quantitative estimate of drug-likeness (QED) is 0.555. The molecule has 0 heterocycles. The van der Waals surface area contributed by atoms with Gasteiger partial charge in [0.05, 0.1) is 12.8 Å². The van der Waals surface area contributed by atoms with Crippen LogP contribution < -0.4 is 13.9 Å². The minimum absolute atomic E-state index is 0.0314. The first-order valence-corrected chi connectivity index (χ1v) is 10.9. The summed E-state index contributed by atoms with van der Waals surface area (Å²) in [6.07, 6.45) is 0. The van der Waals surface area contributed by atoms with E-state index in [2.05, 4.69) is 0 Å². The largest absolute Gasteiger partial charge is 0.495 e. The SMILES string of the molecule is COc1ccc(C)cc1S(=O)(=O)N(CC(=O)N(C)c1ccc(F)cc1)c1ccccc1. The molecule has 0 bridgehead atoms. The molecule has 3 aromatic carbocycles. The number of sulfonamides is 1. The van der Waals surface area contributed by atoms with Crippen molar-refractivity contribution < 1.29 is 22.3 Å². The summed E-state index contributed by atoms with van der Waals surface area (Å²) in [5.74, 6) is -0.721. The van der Waals surface area contributed by atoms with Gasteiger partial charge in [0.15, 0.2) is 0 Å². The summed E-state index contributed by atoms with van der Waals surface area (Å²) in [6, 6.07) is 18.6. The molecule has 0 saturated heterocycles. The lowest BCUT2D eigenvalue weighted by Crippen LogP contribution is -2.41. The van der Waals surface area contributed by atoms with E-state index in [0.29, 0.717) is 11.4 Å². The molecule has 0 aliphatic rings. The summed E-state index contributed by atoms with van der Waals surface area (Å²) >= 11 is 0. The van der Waals surface area contributed by atoms with E-state index in [1.165, 1.54) is 49.4 Å². The molecule has 0 N–H and O–H groups in total. The summed E-state index contributed by atoms with van der Waals surface area (Å²) < 4.78 is 46.8. The second-order valence-electron chi connectivity index (χ2n) is 6.93. The van der Waals surface area contributed by atoms with Crippen molar-refractivity contribution >= 4 is 27.3 Å². The van der Waals surface area contributed by atoms with Gasteiger partial charge in [-0.2, -0.15) is 0 Å². The maximum Gasteiger partial charge on any atom is 0.268 e. The van der Waals surface area contributed by atoms with E-state index in [9.17, 15) is 17.6 Å². The molecule has 0 aliphatic carbocycles. The third kappa shape index (κ3) is 4.86. The topological polar surface area (TPSA) is 66.9 Å². The molecule has 0 radical (unpaired) electrons. The van der Waals surface area contributed by atoms with Crippen LogP contribution in [0.25, 0.3) is 0 Å². The Morgan fingerprint density at radius 3 is 2.23 bits per heavy atom.